The quantitative estimate of drug-likeness (QED) is 0.615. The summed E-state index contributed by atoms with van der Waals surface area (Å²) >= 11 is 0. The highest BCUT2D eigenvalue weighted by Crippen LogP contribution is 2.09. The summed E-state index contributed by atoms with van der Waals surface area (Å²) in [6.07, 6.45) is 3.62. The maximum absolute atomic E-state index is 11.7. The number of carboxylic acid groups (broad SMARTS) is 1. The Morgan fingerprint density at radius 2 is 2.06 bits per heavy atom. The van der Waals surface area contributed by atoms with Crippen LogP contribution in [0.5, 0.6) is 0 Å². The van der Waals surface area contributed by atoms with Crippen molar-refractivity contribution >= 4 is 12.0 Å². The van der Waals surface area contributed by atoms with Gasteiger partial charge in [-0.05, 0) is 25.7 Å². The van der Waals surface area contributed by atoms with E-state index in [1.54, 1.807) is 4.90 Å². The third kappa shape index (κ3) is 5.86. The molecule has 1 saturated heterocycles. The standard InChI is InChI=1S/C12H22N2O4/c15-10-5-4-8-14(9-10)12(18)13-7-3-1-2-6-11(16)17/h10,15H,1-9H2,(H,13,18)(H,16,17). The number of nitrogens with zero attached hydrogens (tertiary/aromatic N) is 1. The molecule has 2 amide bonds. The Hall–Kier alpha value is -1.30. The van der Waals surface area contributed by atoms with E-state index >= 15 is 0 Å². The molecule has 0 aromatic heterocycles. The van der Waals surface area contributed by atoms with Crippen molar-refractivity contribution in [2.75, 3.05) is 19.6 Å². The molecule has 0 bridgehead atoms. The van der Waals surface area contributed by atoms with Gasteiger partial charge < -0.3 is 20.4 Å². The number of hydrogen-bond donors (Lipinski definition) is 3. The predicted molar refractivity (Wildman–Crippen MR) is 66.3 cm³/mol. The number of carboxylic acids is 1. The topological polar surface area (TPSA) is 89.9 Å². The number of urea groups is 1. The van der Waals surface area contributed by atoms with Gasteiger partial charge >= 0.3 is 12.0 Å². The number of piperidine rings is 1. The van der Waals surface area contributed by atoms with Gasteiger partial charge in [-0.3, -0.25) is 4.79 Å². The van der Waals surface area contributed by atoms with Crippen LogP contribution in [0.2, 0.25) is 0 Å². The largest absolute Gasteiger partial charge is 0.481 e. The zero-order chi connectivity index (χ0) is 13.4. The fourth-order valence-corrected chi connectivity index (χ4v) is 2.02. The Morgan fingerprint density at radius 1 is 1.28 bits per heavy atom. The fraction of sp³-hybridized carbons (Fsp3) is 0.833. The zero-order valence-corrected chi connectivity index (χ0v) is 10.6. The molecule has 1 heterocycles. The summed E-state index contributed by atoms with van der Waals surface area (Å²) in [5.74, 6) is -0.777. The lowest BCUT2D eigenvalue weighted by molar-refractivity contribution is -0.137. The number of carbonyl (C=O) groups is 2. The SMILES string of the molecule is O=C(O)CCCCCNC(=O)N1CCCC(O)C1. The maximum atomic E-state index is 11.7. The van der Waals surface area contributed by atoms with Gasteiger partial charge in [-0.25, -0.2) is 4.79 Å². The van der Waals surface area contributed by atoms with Crippen LogP contribution < -0.4 is 5.32 Å². The average Bonchev–Trinajstić information content (AvgIpc) is 2.33. The average molecular weight is 258 g/mol. The van der Waals surface area contributed by atoms with Crippen LogP contribution >= 0.6 is 0 Å². The third-order valence-electron chi connectivity index (χ3n) is 3.03. The van der Waals surface area contributed by atoms with Gasteiger partial charge in [0.2, 0.25) is 0 Å². The molecule has 6 nitrogen and oxygen atoms in total. The molecule has 1 rings (SSSR count). The van der Waals surface area contributed by atoms with Crippen LogP contribution in [0.25, 0.3) is 0 Å². The molecule has 0 aliphatic carbocycles. The molecule has 1 aliphatic rings. The minimum Gasteiger partial charge on any atom is -0.481 e. The molecule has 1 fully saturated rings. The zero-order valence-electron chi connectivity index (χ0n) is 10.6. The number of rotatable bonds is 6. The van der Waals surface area contributed by atoms with E-state index in [0.717, 1.165) is 25.7 Å². The second kappa shape index (κ2) is 7.92. The number of β-amino-alcohol motifs (C(OH)–C–C–N with tert-alkyl or cyclic N) is 1. The van der Waals surface area contributed by atoms with Crippen molar-refractivity contribution in [1.29, 1.82) is 0 Å². The molecule has 104 valence electrons. The van der Waals surface area contributed by atoms with Crippen LogP contribution in [0, 0.1) is 0 Å². The molecule has 6 heteroatoms. The highest BCUT2D eigenvalue weighted by molar-refractivity contribution is 5.74. The highest BCUT2D eigenvalue weighted by Gasteiger charge is 2.21. The van der Waals surface area contributed by atoms with Crippen molar-refractivity contribution in [3.05, 3.63) is 0 Å². The Balaban J connectivity index is 2.04. The molecule has 0 aromatic rings. The summed E-state index contributed by atoms with van der Waals surface area (Å²) in [5, 5.41) is 20.7. The van der Waals surface area contributed by atoms with Gasteiger partial charge in [-0.1, -0.05) is 6.42 Å². The van der Waals surface area contributed by atoms with Gasteiger partial charge in [0.15, 0.2) is 0 Å². The molecular formula is C12H22N2O4. The van der Waals surface area contributed by atoms with Crippen LogP contribution in [0.1, 0.15) is 38.5 Å². The molecule has 1 atom stereocenters. The van der Waals surface area contributed by atoms with Gasteiger partial charge in [0.25, 0.3) is 0 Å². The number of aliphatic hydroxyl groups is 1. The number of aliphatic carboxylic acids is 1. The first-order chi connectivity index (χ1) is 8.59. The molecule has 0 radical (unpaired) electrons. The summed E-state index contributed by atoms with van der Waals surface area (Å²) in [6, 6.07) is -0.132. The van der Waals surface area contributed by atoms with Crippen molar-refractivity contribution in [2.24, 2.45) is 0 Å². The summed E-state index contributed by atoms with van der Waals surface area (Å²) < 4.78 is 0. The van der Waals surface area contributed by atoms with Crippen LogP contribution in [0.3, 0.4) is 0 Å². The second-order valence-corrected chi connectivity index (χ2v) is 4.68. The first-order valence-corrected chi connectivity index (χ1v) is 6.52. The number of hydrogen-bond acceptors (Lipinski definition) is 3. The van der Waals surface area contributed by atoms with Gasteiger partial charge in [0, 0.05) is 26.1 Å². The number of amides is 2. The number of likely N-dealkylation sites (tertiary alicyclic amines) is 1. The molecule has 18 heavy (non-hydrogen) atoms. The van der Waals surface area contributed by atoms with E-state index in [0.29, 0.717) is 26.1 Å². The summed E-state index contributed by atoms with van der Waals surface area (Å²) in [4.78, 5) is 23.6. The van der Waals surface area contributed by atoms with Crippen LogP contribution in [0.4, 0.5) is 4.79 Å². The smallest absolute Gasteiger partial charge is 0.317 e. The molecule has 0 spiro atoms. The van der Waals surface area contributed by atoms with Crippen molar-refractivity contribution < 1.29 is 19.8 Å². The van der Waals surface area contributed by atoms with E-state index in [9.17, 15) is 14.7 Å². The van der Waals surface area contributed by atoms with E-state index in [1.165, 1.54) is 0 Å². The predicted octanol–water partition coefficient (Wildman–Crippen LogP) is 0.798. The molecule has 0 saturated carbocycles. The Labute approximate surface area is 107 Å². The van der Waals surface area contributed by atoms with E-state index in [4.69, 9.17) is 5.11 Å². The molecule has 1 aliphatic heterocycles. The lowest BCUT2D eigenvalue weighted by Gasteiger charge is -2.30. The number of carbonyl (C=O) groups excluding carboxylic acids is 1. The van der Waals surface area contributed by atoms with Crippen molar-refractivity contribution in [2.45, 2.75) is 44.6 Å². The maximum Gasteiger partial charge on any atom is 0.317 e. The first kappa shape index (κ1) is 14.8. The molecule has 0 aromatic carbocycles. The van der Waals surface area contributed by atoms with Crippen LogP contribution in [-0.4, -0.2) is 52.9 Å². The Bertz CT molecular complexity index is 283. The van der Waals surface area contributed by atoms with Crippen molar-refractivity contribution in [3.63, 3.8) is 0 Å². The van der Waals surface area contributed by atoms with Gasteiger partial charge in [0.1, 0.15) is 0 Å². The molecular weight excluding hydrogens is 236 g/mol. The van der Waals surface area contributed by atoms with E-state index in [1.807, 2.05) is 0 Å². The monoisotopic (exact) mass is 258 g/mol. The van der Waals surface area contributed by atoms with Gasteiger partial charge in [-0.15, -0.1) is 0 Å². The van der Waals surface area contributed by atoms with E-state index in [-0.39, 0.29) is 12.5 Å². The third-order valence-corrected chi connectivity index (χ3v) is 3.03. The highest BCUT2D eigenvalue weighted by atomic mass is 16.4. The van der Waals surface area contributed by atoms with E-state index in [2.05, 4.69) is 5.32 Å². The lowest BCUT2D eigenvalue weighted by atomic mass is 10.1. The van der Waals surface area contributed by atoms with Crippen LogP contribution in [-0.2, 0) is 4.79 Å². The number of nitrogens with one attached hydrogen (secondary N) is 1. The molecule has 1 unspecified atom stereocenters. The van der Waals surface area contributed by atoms with E-state index < -0.39 is 12.1 Å². The second-order valence-electron chi connectivity index (χ2n) is 4.68. The minimum atomic E-state index is -0.777. The lowest BCUT2D eigenvalue weighted by Crippen LogP contribution is -2.47. The van der Waals surface area contributed by atoms with Crippen molar-refractivity contribution in [3.8, 4) is 0 Å². The summed E-state index contributed by atoms with van der Waals surface area (Å²) in [6.45, 7) is 1.66. The number of aliphatic hydroxyl groups excluding tert-OH is 1. The van der Waals surface area contributed by atoms with Crippen LogP contribution in [0.15, 0.2) is 0 Å². The minimum absolute atomic E-state index is 0.132. The van der Waals surface area contributed by atoms with Crippen molar-refractivity contribution in [1.82, 2.24) is 10.2 Å². The summed E-state index contributed by atoms with van der Waals surface area (Å²) in [7, 11) is 0. The fourth-order valence-electron chi connectivity index (χ4n) is 2.02. The first-order valence-electron chi connectivity index (χ1n) is 6.52. The van der Waals surface area contributed by atoms with Gasteiger partial charge in [-0.2, -0.15) is 0 Å². The normalized spacial score (nSPS) is 19.6. The van der Waals surface area contributed by atoms with Gasteiger partial charge in [0.05, 0.1) is 6.10 Å². The summed E-state index contributed by atoms with van der Waals surface area (Å²) in [5.41, 5.74) is 0. The molecule has 3 N–H and O–H groups in total. The Kier molecular flexibility index (Phi) is 6.49. The Morgan fingerprint density at radius 3 is 2.72 bits per heavy atom. The number of unbranched alkanes of at least 4 members (excludes halogenated alkanes) is 2.